The van der Waals surface area contributed by atoms with E-state index < -0.39 is 4.92 Å². The molecule has 3 aromatic rings. The molecule has 9 heteroatoms. The monoisotopic (exact) mass is 271 g/mol. The van der Waals surface area contributed by atoms with E-state index in [0.717, 1.165) is 5.56 Å². The van der Waals surface area contributed by atoms with Gasteiger partial charge >= 0.3 is 0 Å². The second kappa shape index (κ2) is 4.88. The maximum Gasteiger partial charge on any atom is 0.269 e. The molecular weight excluding hydrogens is 262 g/mol. The molecule has 9 nitrogen and oxygen atoms in total. The summed E-state index contributed by atoms with van der Waals surface area (Å²) in [6.45, 7) is 0. The summed E-state index contributed by atoms with van der Waals surface area (Å²) in [5.41, 5.74) is 0.816. The third-order valence-corrected chi connectivity index (χ3v) is 2.78. The average Bonchev–Trinajstić information content (AvgIpc) is 3.13. The number of aromatic nitrogens is 6. The standard InChI is InChI=1S/C11H9N7O2/c19-18(20)10-3-1-9(2-4-10)11(16-7-12-5-14-16)17-8-13-6-15-17/h1-8,11H. The smallest absolute Gasteiger partial charge is 0.258 e. The molecular formula is C11H9N7O2. The molecule has 1 aromatic carbocycles. The van der Waals surface area contributed by atoms with Crippen LogP contribution in [0.2, 0.25) is 0 Å². The van der Waals surface area contributed by atoms with Gasteiger partial charge in [0.2, 0.25) is 0 Å². The highest BCUT2D eigenvalue weighted by molar-refractivity contribution is 5.34. The molecule has 0 saturated carbocycles. The molecule has 0 unspecified atom stereocenters. The van der Waals surface area contributed by atoms with Gasteiger partial charge in [-0.1, -0.05) is 0 Å². The Bertz CT molecular complexity index is 657. The Hall–Kier alpha value is -3.10. The maximum absolute atomic E-state index is 10.7. The molecule has 0 aliphatic carbocycles. The van der Waals surface area contributed by atoms with Crippen molar-refractivity contribution in [3.05, 3.63) is 65.3 Å². The summed E-state index contributed by atoms with van der Waals surface area (Å²) < 4.78 is 3.19. The number of non-ortho nitro benzene ring substituents is 1. The van der Waals surface area contributed by atoms with Gasteiger partial charge in [-0.2, -0.15) is 10.2 Å². The topological polar surface area (TPSA) is 105 Å². The van der Waals surface area contributed by atoms with Crippen molar-refractivity contribution >= 4 is 5.69 Å². The van der Waals surface area contributed by atoms with Gasteiger partial charge < -0.3 is 0 Å². The van der Waals surface area contributed by atoms with Crippen LogP contribution in [0, 0.1) is 10.1 Å². The molecule has 3 rings (SSSR count). The summed E-state index contributed by atoms with van der Waals surface area (Å²) in [7, 11) is 0. The molecule has 0 aliphatic heterocycles. The van der Waals surface area contributed by atoms with Crippen LogP contribution in [0.25, 0.3) is 0 Å². The van der Waals surface area contributed by atoms with Crippen LogP contribution < -0.4 is 0 Å². The van der Waals surface area contributed by atoms with Crippen LogP contribution in [0.15, 0.2) is 49.6 Å². The van der Waals surface area contributed by atoms with E-state index in [1.807, 2.05) is 0 Å². The maximum atomic E-state index is 10.7. The van der Waals surface area contributed by atoms with Crippen molar-refractivity contribution in [3.8, 4) is 0 Å². The summed E-state index contributed by atoms with van der Waals surface area (Å²) in [5, 5.41) is 18.9. The minimum absolute atomic E-state index is 0.0321. The molecule has 2 heterocycles. The van der Waals surface area contributed by atoms with Crippen molar-refractivity contribution in [1.29, 1.82) is 0 Å². The van der Waals surface area contributed by atoms with E-state index in [-0.39, 0.29) is 11.9 Å². The van der Waals surface area contributed by atoms with Crippen molar-refractivity contribution in [3.63, 3.8) is 0 Å². The van der Waals surface area contributed by atoms with Crippen LogP contribution in [0.1, 0.15) is 11.7 Å². The van der Waals surface area contributed by atoms with Crippen LogP contribution in [-0.2, 0) is 0 Å². The first-order valence-corrected chi connectivity index (χ1v) is 5.68. The van der Waals surface area contributed by atoms with E-state index in [0.29, 0.717) is 0 Å². The van der Waals surface area contributed by atoms with E-state index in [2.05, 4.69) is 20.2 Å². The van der Waals surface area contributed by atoms with E-state index >= 15 is 0 Å². The summed E-state index contributed by atoms with van der Waals surface area (Å²) in [6, 6.07) is 6.20. The predicted molar refractivity (Wildman–Crippen MR) is 66.7 cm³/mol. The van der Waals surface area contributed by atoms with Gasteiger partial charge in [-0.25, -0.2) is 19.3 Å². The zero-order chi connectivity index (χ0) is 13.9. The fourth-order valence-corrected chi connectivity index (χ4v) is 1.88. The largest absolute Gasteiger partial charge is 0.269 e. The quantitative estimate of drug-likeness (QED) is 0.515. The van der Waals surface area contributed by atoms with Gasteiger partial charge in [-0.15, -0.1) is 0 Å². The van der Waals surface area contributed by atoms with Gasteiger partial charge in [0.05, 0.1) is 4.92 Å². The number of benzene rings is 1. The number of nitrogens with zero attached hydrogens (tertiary/aromatic N) is 7. The Morgan fingerprint density at radius 1 is 1.00 bits per heavy atom. The fraction of sp³-hybridized carbons (Fsp3) is 0.0909. The van der Waals surface area contributed by atoms with Crippen molar-refractivity contribution in [2.24, 2.45) is 0 Å². The lowest BCUT2D eigenvalue weighted by molar-refractivity contribution is -0.384. The second-order valence-electron chi connectivity index (χ2n) is 3.97. The Balaban J connectivity index is 2.04. The minimum Gasteiger partial charge on any atom is -0.258 e. The molecule has 0 N–H and O–H groups in total. The zero-order valence-corrected chi connectivity index (χ0v) is 10.1. The molecule has 0 aliphatic rings. The van der Waals surface area contributed by atoms with Crippen molar-refractivity contribution in [1.82, 2.24) is 29.5 Å². The van der Waals surface area contributed by atoms with Crippen LogP contribution >= 0.6 is 0 Å². The molecule has 0 radical (unpaired) electrons. The van der Waals surface area contributed by atoms with Crippen LogP contribution in [0.3, 0.4) is 0 Å². The third-order valence-electron chi connectivity index (χ3n) is 2.78. The van der Waals surface area contributed by atoms with E-state index in [9.17, 15) is 10.1 Å². The molecule has 20 heavy (non-hydrogen) atoms. The minimum atomic E-state index is -0.441. The van der Waals surface area contributed by atoms with Gasteiger partial charge in [0, 0.05) is 12.1 Å². The normalized spacial score (nSPS) is 10.8. The molecule has 0 fully saturated rings. The molecule has 0 saturated heterocycles. The Morgan fingerprint density at radius 2 is 1.55 bits per heavy atom. The molecule has 0 spiro atoms. The lowest BCUT2D eigenvalue weighted by atomic mass is 10.1. The van der Waals surface area contributed by atoms with E-state index in [1.165, 1.54) is 24.8 Å². The SMILES string of the molecule is O=[N+]([O-])c1ccc(C(n2cncn2)n2cncn2)cc1. The highest BCUT2D eigenvalue weighted by Gasteiger charge is 2.18. The number of nitro benzene ring substituents is 1. The summed E-state index contributed by atoms with van der Waals surface area (Å²) in [5.74, 6) is 0. The lowest BCUT2D eigenvalue weighted by Gasteiger charge is -2.17. The molecule has 0 atom stereocenters. The van der Waals surface area contributed by atoms with Crippen LogP contribution in [-0.4, -0.2) is 34.5 Å². The van der Waals surface area contributed by atoms with Gasteiger partial charge in [0.25, 0.3) is 5.69 Å². The van der Waals surface area contributed by atoms with Crippen molar-refractivity contribution < 1.29 is 4.92 Å². The third kappa shape index (κ3) is 2.11. The highest BCUT2D eigenvalue weighted by atomic mass is 16.6. The summed E-state index contributed by atoms with van der Waals surface area (Å²) in [4.78, 5) is 18.1. The predicted octanol–water partition coefficient (Wildman–Crippen LogP) is 0.873. The molecule has 0 amide bonds. The Labute approximate surface area is 112 Å². The number of rotatable bonds is 4. The van der Waals surface area contributed by atoms with Crippen LogP contribution in [0.5, 0.6) is 0 Å². The van der Waals surface area contributed by atoms with Crippen molar-refractivity contribution in [2.45, 2.75) is 6.17 Å². The second-order valence-corrected chi connectivity index (χ2v) is 3.97. The highest BCUT2D eigenvalue weighted by Crippen LogP contribution is 2.21. The lowest BCUT2D eigenvalue weighted by Crippen LogP contribution is -2.20. The van der Waals surface area contributed by atoms with E-state index in [4.69, 9.17) is 0 Å². The summed E-state index contributed by atoms with van der Waals surface area (Å²) in [6.07, 6.45) is 5.53. The first-order chi connectivity index (χ1) is 9.75. The van der Waals surface area contributed by atoms with Crippen molar-refractivity contribution in [2.75, 3.05) is 0 Å². The first kappa shape index (κ1) is 12.0. The van der Waals surface area contributed by atoms with Gasteiger partial charge in [0.1, 0.15) is 25.3 Å². The zero-order valence-electron chi connectivity index (χ0n) is 10.1. The van der Waals surface area contributed by atoms with Gasteiger partial charge in [-0.05, 0) is 17.7 Å². The molecule has 0 bridgehead atoms. The number of hydrogen-bond acceptors (Lipinski definition) is 6. The van der Waals surface area contributed by atoms with E-state index in [1.54, 1.807) is 34.2 Å². The molecule has 2 aromatic heterocycles. The van der Waals surface area contributed by atoms with Crippen LogP contribution in [0.4, 0.5) is 5.69 Å². The number of hydrogen-bond donors (Lipinski definition) is 0. The fourth-order valence-electron chi connectivity index (χ4n) is 1.88. The first-order valence-electron chi connectivity index (χ1n) is 5.68. The summed E-state index contributed by atoms with van der Waals surface area (Å²) >= 11 is 0. The average molecular weight is 271 g/mol. The van der Waals surface area contributed by atoms with Gasteiger partial charge in [0.15, 0.2) is 6.17 Å². The van der Waals surface area contributed by atoms with Gasteiger partial charge in [-0.3, -0.25) is 10.1 Å². The molecule has 100 valence electrons. The number of nitro groups is 1. The Morgan fingerprint density at radius 3 is 1.95 bits per heavy atom. The Kier molecular flexibility index (Phi) is 2.92.